The van der Waals surface area contributed by atoms with E-state index < -0.39 is 17.5 Å². The fourth-order valence-corrected chi connectivity index (χ4v) is 4.42. The lowest BCUT2D eigenvalue weighted by atomic mass is 9.94. The average molecular weight is 336 g/mol. The van der Waals surface area contributed by atoms with Crippen LogP contribution in [0.5, 0.6) is 0 Å². The van der Waals surface area contributed by atoms with Gasteiger partial charge >= 0.3 is 0 Å². The van der Waals surface area contributed by atoms with E-state index in [9.17, 15) is 14.4 Å². The first-order chi connectivity index (χ1) is 10.1. The summed E-state index contributed by atoms with van der Waals surface area (Å²) in [5, 5.41) is 11.3. The van der Waals surface area contributed by atoms with Crippen molar-refractivity contribution in [2.75, 3.05) is 0 Å². The van der Waals surface area contributed by atoms with Gasteiger partial charge in [0.25, 0.3) is 0 Å². The van der Waals surface area contributed by atoms with E-state index in [1.165, 1.54) is 40.9 Å². The number of hydrogen-bond donors (Lipinski definition) is 0. The fourth-order valence-electron chi connectivity index (χ4n) is 2.07. The first-order valence-electron chi connectivity index (χ1n) is 5.96. The summed E-state index contributed by atoms with van der Waals surface area (Å²) in [4.78, 5) is 13.0. The minimum atomic E-state index is -1.23. The molecule has 0 bridgehead atoms. The third-order valence-electron chi connectivity index (χ3n) is 3.06. The summed E-state index contributed by atoms with van der Waals surface area (Å²) in [7, 11) is 0. The molecule has 1 atom stereocenters. The lowest BCUT2D eigenvalue weighted by Gasteiger charge is -2.10. The normalized spacial score (nSPS) is 12.2. The molecule has 2 aromatic heterocycles. The Morgan fingerprint density at radius 1 is 1.33 bits per heavy atom. The number of carbonyl (C=O) groups is 1. The molecule has 0 aliphatic rings. The van der Waals surface area contributed by atoms with Gasteiger partial charge in [-0.2, -0.15) is 5.26 Å². The zero-order valence-corrected chi connectivity index (χ0v) is 12.9. The first kappa shape index (κ1) is 14.2. The second-order valence-corrected chi connectivity index (χ2v) is 6.76. The van der Waals surface area contributed by atoms with Crippen LogP contribution in [0.1, 0.15) is 21.2 Å². The molecule has 3 aromatic rings. The van der Waals surface area contributed by atoms with Gasteiger partial charge in [0.05, 0.1) is 10.9 Å². The van der Waals surface area contributed by atoms with Crippen molar-refractivity contribution in [1.82, 2.24) is 0 Å². The molecular weight excluding hydrogens is 329 g/mol. The highest BCUT2D eigenvalue weighted by Gasteiger charge is 2.28. The van der Waals surface area contributed by atoms with Gasteiger partial charge in [0.2, 0.25) is 0 Å². The molecule has 0 amide bonds. The number of rotatable bonds is 3. The number of nitriles is 1. The third-order valence-corrected chi connectivity index (χ3v) is 5.50. The van der Waals surface area contributed by atoms with Gasteiger partial charge in [-0.3, -0.25) is 4.79 Å². The maximum atomic E-state index is 13.9. The molecule has 1 unspecified atom stereocenters. The van der Waals surface area contributed by atoms with Gasteiger partial charge in [-0.25, -0.2) is 4.39 Å². The van der Waals surface area contributed by atoms with E-state index >= 15 is 0 Å². The first-order valence-corrected chi connectivity index (χ1v) is 8.04. The van der Waals surface area contributed by atoms with Crippen LogP contribution >= 0.6 is 34.3 Å². The summed E-state index contributed by atoms with van der Waals surface area (Å²) in [5.41, 5.74) is -0.0524. The Kier molecular flexibility index (Phi) is 3.77. The van der Waals surface area contributed by atoms with E-state index in [0.717, 1.165) is 9.40 Å². The summed E-state index contributed by atoms with van der Waals surface area (Å²) in [6, 6.07) is 9.65. The van der Waals surface area contributed by atoms with Gasteiger partial charge < -0.3 is 0 Å². The topological polar surface area (TPSA) is 40.9 Å². The zero-order valence-electron chi connectivity index (χ0n) is 10.5. The van der Waals surface area contributed by atoms with Gasteiger partial charge in [0.15, 0.2) is 5.78 Å². The standard InChI is InChI=1S/C15H7ClFNOS2/c16-9-2-1-3-10(17)14(9)8(7-18)15(19)13-6-12-11(21-13)4-5-20-12/h1-6,8H. The third kappa shape index (κ3) is 2.46. The van der Waals surface area contributed by atoms with Crippen LogP contribution in [0.2, 0.25) is 5.02 Å². The van der Waals surface area contributed by atoms with Crippen molar-refractivity contribution in [2.45, 2.75) is 5.92 Å². The van der Waals surface area contributed by atoms with E-state index in [4.69, 9.17) is 11.6 Å². The van der Waals surface area contributed by atoms with Crippen LogP contribution in [0.3, 0.4) is 0 Å². The molecule has 3 rings (SSSR count). The van der Waals surface area contributed by atoms with Crippen LogP contribution < -0.4 is 0 Å². The van der Waals surface area contributed by atoms with E-state index in [-0.39, 0.29) is 10.6 Å². The SMILES string of the molecule is N#CC(C(=O)c1cc2sccc2s1)c1c(F)cccc1Cl. The molecule has 0 spiro atoms. The van der Waals surface area contributed by atoms with Gasteiger partial charge in [0, 0.05) is 20.0 Å². The van der Waals surface area contributed by atoms with Gasteiger partial charge in [-0.1, -0.05) is 17.7 Å². The number of hydrogen-bond acceptors (Lipinski definition) is 4. The Bertz CT molecular complexity index is 829. The summed E-state index contributed by atoms with van der Waals surface area (Å²) < 4.78 is 15.9. The van der Waals surface area contributed by atoms with Crippen LogP contribution in [-0.4, -0.2) is 5.78 Å². The number of Topliss-reactive ketones (excluding diaryl/α,β-unsaturated/α-hetero) is 1. The van der Waals surface area contributed by atoms with Crippen molar-refractivity contribution in [3.8, 4) is 6.07 Å². The molecule has 1 aromatic carbocycles. The Balaban J connectivity index is 2.06. The molecule has 2 heterocycles. The number of fused-ring (bicyclic) bond motifs is 1. The number of halogens is 2. The molecule has 0 saturated carbocycles. The number of ketones is 1. The molecule has 0 N–H and O–H groups in total. The lowest BCUT2D eigenvalue weighted by Crippen LogP contribution is -2.12. The van der Waals surface area contributed by atoms with Crippen LogP contribution in [0.25, 0.3) is 9.40 Å². The Labute approximate surface area is 133 Å². The van der Waals surface area contributed by atoms with Crippen molar-refractivity contribution in [1.29, 1.82) is 5.26 Å². The highest BCUT2D eigenvalue weighted by molar-refractivity contribution is 7.27. The zero-order chi connectivity index (χ0) is 15.0. The van der Waals surface area contributed by atoms with E-state index in [2.05, 4.69) is 0 Å². The summed E-state index contributed by atoms with van der Waals surface area (Å²) >= 11 is 8.78. The quantitative estimate of drug-likeness (QED) is 0.614. The van der Waals surface area contributed by atoms with Gasteiger partial charge in [-0.05, 0) is 29.6 Å². The van der Waals surface area contributed by atoms with E-state index in [1.54, 1.807) is 6.07 Å². The molecule has 0 aliphatic carbocycles. The Morgan fingerprint density at radius 2 is 2.14 bits per heavy atom. The van der Waals surface area contributed by atoms with Crippen molar-refractivity contribution >= 4 is 49.5 Å². The molecule has 0 aliphatic heterocycles. The molecule has 0 fully saturated rings. The van der Waals surface area contributed by atoms with Crippen molar-refractivity contribution in [2.24, 2.45) is 0 Å². The molecule has 2 nitrogen and oxygen atoms in total. The van der Waals surface area contributed by atoms with Crippen LogP contribution in [0.4, 0.5) is 4.39 Å². The number of thiophene rings is 2. The largest absolute Gasteiger partial charge is 0.291 e. The maximum absolute atomic E-state index is 13.9. The summed E-state index contributed by atoms with van der Waals surface area (Å²) in [6.07, 6.45) is 0. The van der Waals surface area contributed by atoms with Crippen molar-refractivity contribution < 1.29 is 9.18 Å². The minimum Gasteiger partial charge on any atom is -0.291 e. The molecule has 0 radical (unpaired) electrons. The van der Waals surface area contributed by atoms with Crippen LogP contribution in [0, 0.1) is 17.1 Å². The molecular formula is C15H7ClFNOS2. The number of carbonyl (C=O) groups excluding carboxylic acids is 1. The molecule has 0 saturated heterocycles. The van der Waals surface area contributed by atoms with Crippen molar-refractivity contribution in [3.63, 3.8) is 0 Å². The second kappa shape index (κ2) is 5.57. The highest BCUT2D eigenvalue weighted by Crippen LogP contribution is 2.35. The lowest BCUT2D eigenvalue weighted by molar-refractivity contribution is 0.0981. The average Bonchev–Trinajstić information content (AvgIpc) is 3.03. The van der Waals surface area contributed by atoms with E-state index in [0.29, 0.717) is 4.88 Å². The Morgan fingerprint density at radius 3 is 2.81 bits per heavy atom. The van der Waals surface area contributed by atoms with Gasteiger partial charge in [-0.15, -0.1) is 22.7 Å². The summed E-state index contributed by atoms with van der Waals surface area (Å²) in [6.45, 7) is 0. The minimum absolute atomic E-state index is 0.0524. The van der Waals surface area contributed by atoms with Crippen molar-refractivity contribution in [3.05, 3.63) is 57.0 Å². The highest BCUT2D eigenvalue weighted by atomic mass is 35.5. The van der Waals surface area contributed by atoms with E-state index in [1.807, 2.05) is 17.5 Å². The maximum Gasteiger partial charge on any atom is 0.194 e. The Hall–Kier alpha value is -1.74. The number of benzene rings is 1. The fraction of sp³-hybridized carbons (Fsp3) is 0.0667. The number of nitrogens with zero attached hydrogens (tertiary/aromatic N) is 1. The molecule has 21 heavy (non-hydrogen) atoms. The smallest absolute Gasteiger partial charge is 0.194 e. The molecule has 104 valence electrons. The second-order valence-electron chi connectivity index (χ2n) is 4.32. The predicted molar refractivity (Wildman–Crippen MR) is 83.8 cm³/mol. The van der Waals surface area contributed by atoms with Gasteiger partial charge in [0.1, 0.15) is 11.7 Å². The van der Waals surface area contributed by atoms with Crippen LogP contribution in [0.15, 0.2) is 35.7 Å². The molecule has 6 heteroatoms. The summed E-state index contributed by atoms with van der Waals surface area (Å²) in [5.74, 6) is -2.29. The van der Waals surface area contributed by atoms with Crippen LogP contribution in [-0.2, 0) is 0 Å². The predicted octanol–water partition coefficient (Wildman–Crippen LogP) is 5.25. The monoisotopic (exact) mass is 335 g/mol.